The Morgan fingerprint density at radius 2 is 2.04 bits per heavy atom. The molecule has 0 bridgehead atoms. The van der Waals surface area contributed by atoms with Gasteiger partial charge in [-0.15, -0.1) is 0 Å². The van der Waals surface area contributed by atoms with E-state index in [1.54, 1.807) is 19.5 Å². The predicted octanol–water partition coefficient (Wildman–Crippen LogP) is 2.44. The van der Waals surface area contributed by atoms with Crippen LogP contribution in [0.25, 0.3) is 11.3 Å². The zero-order valence-electron chi connectivity index (χ0n) is 15.4. The van der Waals surface area contributed by atoms with Gasteiger partial charge in [-0.25, -0.2) is 8.42 Å². The van der Waals surface area contributed by atoms with Crippen LogP contribution in [0.4, 0.5) is 0 Å². The summed E-state index contributed by atoms with van der Waals surface area (Å²) in [7, 11) is -1.96. The maximum Gasteiger partial charge on any atom is 0.246 e. The van der Waals surface area contributed by atoms with E-state index in [0.29, 0.717) is 18.8 Å². The molecule has 0 unspecified atom stereocenters. The van der Waals surface area contributed by atoms with Crippen molar-refractivity contribution in [2.45, 2.75) is 23.7 Å². The standard InChI is InChI=1S/C19H21N5O3S/c1-27-17-7-3-2-6-16(17)19-18(20-8-9-21-19)14-5-4-10-24(13-14)28(25,26)15-11-22-23-12-15/h2-3,6-9,11-12,14H,4-5,10,13H2,1H3,(H,22,23)/t14-/m0/s1. The molecule has 8 nitrogen and oxygen atoms in total. The number of hydrogen-bond donors (Lipinski definition) is 1. The second-order valence-electron chi connectivity index (χ2n) is 6.63. The van der Waals surface area contributed by atoms with E-state index in [9.17, 15) is 8.42 Å². The van der Waals surface area contributed by atoms with Gasteiger partial charge >= 0.3 is 0 Å². The van der Waals surface area contributed by atoms with Gasteiger partial charge in [0.05, 0.1) is 24.7 Å². The lowest BCUT2D eigenvalue weighted by Gasteiger charge is -2.31. The zero-order chi connectivity index (χ0) is 19.6. The summed E-state index contributed by atoms with van der Waals surface area (Å²) in [6.07, 6.45) is 7.64. The van der Waals surface area contributed by atoms with Crippen molar-refractivity contribution < 1.29 is 13.2 Å². The number of sulfonamides is 1. The summed E-state index contributed by atoms with van der Waals surface area (Å²) in [6, 6.07) is 7.64. The molecule has 1 aromatic carbocycles. The third-order valence-corrected chi connectivity index (χ3v) is 6.80. The van der Waals surface area contributed by atoms with E-state index in [2.05, 4.69) is 20.2 Å². The number of aromatic amines is 1. The summed E-state index contributed by atoms with van der Waals surface area (Å²) in [5.41, 5.74) is 2.37. The average Bonchev–Trinajstić information content (AvgIpc) is 3.30. The van der Waals surface area contributed by atoms with Crippen molar-refractivity contribution in [3.8, 4) is 17.0 Å². The van der Waals surface area contributed by atoms with E-state index >= 15 is 0 Å². The Bertz CT molecular complexity index is 1050. The molecule has 3 heterocycles. The third kappa shape index (κ3) is 3.38. The SMILES string of the molecule is COc1ccccc1-c1nccnc1[C@H]1CCCN(S(=O)(=O)c2cn[nH]c2)C1. The molecule has 0 radical (unpaired) electrons. The summed E-state index contributed by atoms with van der Waals surface area (Å²) in [6.45, 7) is 0.836. The van der Waals surface area contributed by atoms with Gasteiger partial charge in [0.15, 0.2) is 0 Å². The minimum atomic E-state index is -3.58. The number of nitrogens with one attached hydrogen (secondary N) is 1. The molecular formula is C19H21N5O3S. The molecule has 1 aliphatic heterocycles. The highest BCUT2D eigenvalue weighted by molar-refractivity contribution is 7.89. The first kappa shape index (κ1) is 18.6. The van der Waals surface area contributed by atoms with Gasteiger partial charge in [-0.3, -0.25) is 15.1 Å². The molecule has 0 spiro atoms. The first-order valence-electron chi connectivity index (χ1n) is 9.04. The molecular weight excluding hydrogens is 378 g/mol. The summed E-state index contributed by atoms with van der Waals surface area (Å²) >= 11 is 0. The Morgan fingerprint density at radius 3 is 2.82 bits per heavy atom. The molecule has 146 valence electrons. The molecule has 0 amide bonds. The van der Waals surface area contributed by atoms with Crippen molar-refractivity contribution in [3.05, 3.63) is 54.7 Å². The Kier molecular flexibility index (Phi) is 5.10. The van der Waals surface area contributed by atoms with Crippen LogP contribution in [-0.4, -0.2) is 53.1 Å². The number of para-hydroxylation sites is 1. The van der Waals surface area contributed by atoms with Crippen LogP contribution in [0.5, 0.6) is 5.75 Å². The summed E-state index contributed by atoms with van der Waals surface area (Å²) in [4.78, 5) is 9.30. The molecule has 9 heteroatoms. The highest BCUT2D eigenvalue weighted by atomic mass is 32.2. The lowest BCUT2D eigenvalue weighted by Crippen LogP contribution is -2.39. The van der Waals surface area contributed by atoms with E-state index < -0.39 is 10.0 Å². The number of rotatable bonds is 5. The van der Waals surface area contributed by atoms with Gasteiger partial charge in [-0.1, -0.05) is 12.1 Å². The van der Waals surface area contributed by atoms with Gasteiger partial charge in [-0.2, -0.15) is 9.40 Å². The van der Waals surface area contributed by atoms with E-state index in [-0.39, 0.29) is 10.8 Å². The van der Waals surface area contributed by atoms with Crippen LogP contribution >= 0.6 is 0 Å². The number of H-pyrrole nitrogens is 1. The van der Waals surface area contributed by atoms with E-state index in [1.165, 1.54) is 16.7 Å². The van der Waals surface area contributed by atoms with Crippen molar-refractivity contribution in [2.24, 2.45) is 0 Å². The van der Waals surface area contributed by atoms with Crippen molar-refractivity contribution in [1.29, 1.82) is 0 Å². The average molecular weight is 399 g/mol. The maximum absolute atomic E-state index is 12.9. The van der Waals surface area contributed by atoms with Crippen LogP contribution in [0.15, 0.2) is 53.9 Å². The van der Waals surface area contributed by atoms with Crippen LogP contribution in [-0.2, 0) is 10.0 Å². The minimum Gasteiger partial charge on any atom is -0.496 e. The number of nitrogens with zero attached hydrogens (tertiary/aromatic N) is 4. The Morgan fingerprint density at radius 1 is 1.21 bits per heavy atom. The van der Waals surface area contributed by atoms with Crippen molar-refractivity contribution >= 4 is 10.0 Å². The van der Waals surface area contributed by atoms with Gasteiger partial charge in [0.2, 0.25) is 10.0 Å². The fourth-order valence-electron chi connectivity index (χ4n) is 3.61. The van der Waals surface area contributed by atoms with Gasteiger partial charge in [0.1, 0.15) is 10.6 Å². The molecule has 2 aromatic heterocycles. The molecule has 1 N–H and O–H groups in total. The van der Waals surface area contributed by atoms with Gasteiger partial charge in [-0.05, 0) is 25.0 Å². The normalized spacial score (nSPS) is 18.1. The summed E-state index contributed by atoms with van der Waals surface area (Å²) < 4.78 is 32.8. The van der Waals surface area contributed by atoms with E-state index in [4.69, 9.17) is 4.74 Å². The monoisotopic (exact) mass is 399 g/mol. The lowest BCUT2D eigenvalue weighted by atomic mass is 9.92. The Hall–Kier alpha value is -2.78. The van der Waals surface area contributed by atoms with Crippen LogP contribution in [0.2, 0.25) is 0 Å². The topological polar surface area (TPSA) is 101 Å². The molecule has 1 fully saturated rings. The first-order chi connectivity index (χ1) is 13.6. The van der Waals surface area contributed by atoms with Gasteiger partial charge < -0.3 is 4.74 Å². The van der Waals surface area contributed by atoms with Gasteiger partial charge in [0, 0.05) is 43.2 Å². The number of methoxy groups -OCH3 is 1. The number of aromatic nitrogens is 4. The van der Waals surface area contributed by atoms with Crippen molar-refractivity contribution in [3.63, 3.8) is 0 Å². The predicted molar refractivity (Wildman–Crippen MR) is 103 cm³/mol. The van der Waals surface area contributed by atoms with Crippen LogP contribution in [0.3, 0.4) is 0 Å². The molecule has 28 heavy (non-hydrogen) atoms. The fraction of sp³-hybridized carbons (Fsp3) is 0.316. The number of ether oxygens (including phenoxy) is 1. The largest absolute Gasteiger partial charge is 0.496 e. The molecule has 1 aliphatic rings. The second kappa shape index (κ2) is 7.69. The van der Waals surface area contributed by atoms with Gasteiger partial charge in [0.25, 0.3) is 0 Å². The van der Waals surface area contributed by atoms with Crippen LogP contribution in [0, 0.1) is 0 Å². The molecule has 0 aliphatic carbocycles. The van der Waals surface area contributed by atoms with E-state index in [0.717, 1.165) is 29.8 Å². The van der Waals surface area contributed by atoms with Crippen LogP contribution < -0.4 is 4.74 Å². The van der Waals surface area contributed by atoms with Crippen molar-refractivity contribution in [1.82, 2.24) is 24.5 Å². The zero-order valence-corrected chi connectivity index (χ0v) is 16.3. The molecule has 4 rings (SSSR count). The lowest BCUT2D eigenvalue weighted by molar-refractivity contribution is 0.312. The fourth-order valence-corrected chi connectivity index (χ4v) is 5.04. The number of benzene rings is 1. The Balaban J connectivity index is 1.69. The van der Waals surface area contributed by atoms with Crippen LogP contribution in [0.1, 0.15) is 24.5 Å². The molecule has 3 aromatic rings. The highest BCUT2D eigenvalue weighted by Crippen LogP contribution is 2.36. The molecule has 1 atom stereocenters. The quantitative estimate of drug-likeness (QED) is 0.707. The number of piperidine rings is 1. The van der Waals surface area contributed by atoms with Crippen molar-refractivity contribution in [2.75, 3.05) is 20.2 Å². The second-order valence-corrected chi connectivity index (χ2v) is 8.56. The summed E-state index contributed by atoms with van der Waals surface area (Å²) in [5, 5.41) is 6.34. The number of hydrogen-bond acceptors (Lipinski definition) is 6. The maximum atomic E-state index is 12.9. The summed E-state index contributed by atoms with van der Waals surface area (Å²) in [5.74, 6) is 0.659. The Labute approximate surface area is 163 Å². The third-order valence-electron chi connectivity index (χ3n) is 4.97. The first-order valence-corrected chi connectivity index (χ1v) is 10.5. The smallest absolute Gasteiger partial charge is 0.246 e. The minimum absolute atomic E-state index is 0.0518. The van der Waals surface area contributed by atoms with E-state index in [1.807, 2.05) is 24.3 Å². The molecule has 0 saturated carbocycles. The highest BCUT2D eigenvalue weighted by Gasteiger charge is 2.33. The molecule has 1 saturated heterocycles.